The van der Waals surface area contributed by atoms with Crippen molar-refractivity contribution in [3.05, 3.63) is 101 Å². The highest BCUT2D eigenvalue weighted by Crippen LogP contribution is 2.34. The van der Waals surface area contributed by atoms with Gasteiger partial charge in [0.25, 0.3) is 5.91 Å². The summed E-state index contributed by atoms with van der Waals surface area (Å²) in [4.78, 5) is 20.8. The number of carbonyl (C=O) groups excluding carboxylic acids is 1. The van der Waals surface area contributed by atoms with E-state index in [9.17, 15) is 18.0 Å². The van der Waals surface area contributed by atoms with Gasteiger partial charge in [-0.15, -0.1) is 0 Å². The Morgan fingerprint density at radius 3 is 2.67 bits per heavy atom. The summed E-state index contributed by atoms with van der Waals surface area (Å²) in [5, 5.41) is 2.61. The maximum Gasteiger partial charge on any atom is 0.416 e. The summed E-state index contributed by atoms with van der Waals surface area (Å²) in [7, 11) is 0. The molecule has 1 saturated heterocycles. The Balaban J connectivity index is 1.53. The summed E-state index contributed by atoms with van der Waals surface area (Å²) in [6.07, 6.45) is 2.30. The molecule has 2 aliphatic heterocycles. The van der Waals surface area contributed by atoms with Gasteiger partial charge in [0.2, 0.25) is 0 Å². The van der Waals surface area contributed by atoms with E-state index in [0.717, 1.165) is 11.6 Å². The number of ether oxygens (including phenoxy) is 1. The largest absolute Gasteiger partial charge is 0.416 e. The molecule has 6 nitrogen and oxygen atoms in total. The van der Waals surface area contributed by atoms with Gasteiger partial charge in [0, 0.05) is 48.8 Å². The van der Waals surface area contributed by atoms with E-state index in [1.807, 2.05) is 24.8 Å². The number of aliphatic imine (C=N–C) groups is 1. The summed E-state index contributed by atoms with van der Waals surface area (Å²) in [6, 6.07) is 8.92. The minimum absolute atomic E-state index is 0.0690. The van der Waals surface area contributed by atoms with Crippen molar-refractivity contribution in [1.29, 1.82) is 0 Å². The lowest BCUT2D eigenvalue weighted by Gasteiger charge is -2.27. The van der Waals surface area contributed by atoms with Crippen molar-refractivity contribution in [3.63, 3.8) is 0 Å². The van der Waals surface area contributed by atoms with Gasteiger partial charge >= 0.3 is 6.18 Å². The zero-order valence-electron chi connectivity index (χ0n) is 21.8. The third-order valence-electron chi connectivity index (χ3n) is 6.36. The molecule has 0 saturated carbocycles. The van der Waals surface area contributed by atoms with Gasteiger partial charge in [0.1, 0.15) is 0 Å². The highest BCUT2D eigenvalue weighted by Gasteiger charge is 2.34. The minimum atomic E-state index is -4.56. The molecule has 202 valence electrons. The molecule has 2 aliphatic rings. The average molecular weight is 535 g/mol. The van der Waals surface area contributed by atoms with E-state index in [-0.39, 0.29) is 23.4 Å². The number of halogens is 3. The summed E-state index contributed by atoms with van der Waals surface area (Å²) in [5.41, 5.74) is 2.58. The molecular formula is C30H29F3N4O2. The predicted octanol–water partition coefficient (Wildman–Crippen LogP) is 5.72. The number of amides is 1. The van der Waals surface area contributed by atoms with Gasteiger partial charge < -0.3 is 15.0 Å². The Kier molecular flexibility index (Phi) is 8.69. The van der Waals surface area contributed by atoms with E-state index < -0.39 is 17.6 Å². The van der Waals surface area contributed by atoms with Crippen LogP contribution in [0.3, 0.4) is 0 Å². The first-order valence-electron chi connectivity index (χ1n) is 12.4. The fourth-order valence-electron chi connectivity index (χ4n) is 4.19. The SMILES string of the molecule is C=C1C=NC=CN1/C(C#Cc1cc(C(=O)Nc2ccc(CN3CCOCC3)c(C(F)(F)F)c2)ccc1C)=C\C. The molecule has 4 rings (SSSR count). The normalized spacial score (nSPS) is 16.2. The molecule has 2 aromatic rings. The zero-order valence-corrected chi connectivity index (χ0v) is 21.8. The first kappa shape index (κ1) is 27.9. The van der Waals surface area contributed by atoms with Crippen LogP contribution in [-0.2, 0) is 17.5 Å². The van der Waals surface area contributed by atoms with Crippen molar-refractivity contribution in [2.75, 3.05) is 31.6 Å². The Labute approximate surface area is 226 Å². The third kappa shape index (κ3) is 7.05. The smallest absolute Gasteiger partial charge is 0.379 e. The number of benzene rings is 2. The average Bonchev–Trinajstić information content (AvgIpc) is 2.91. The molecule has 2 aromatic carbocycles. The lowest BCUT2D eigenvalue weighted by molar-refractivity contribution is -0.138. The Morgan fingerprint density at radius 2 is 1.97 bits per heavy atom. The number of morpholine rings is 1. The second-order valence-electron chi connectivity index (χ2n) is 9.10. The summed E-state index contributed by atoms with van der Waals surface area (Å²) >= 11 is 0. The lowest BCUT2D eigenvalue weighted by Crippen LogP contribution is -2.36. The van der Waals surface area contributed by atoms with Crippen LogP contribution in [0.25, 0.3) is 0 Å². The molecule has 0 aromatic heterocycles. The number of nitrogens with one attached hydrogen (secondary N) is 1. The minimum Gasteiger partial charge on any atom is -0.379 e. The summed E-state index contributed by atoms with van der Waals surface area (Å²) < 4.78 is 46.9. The fraction of sp³-hybridized carbons (Fsp3) is 0.267. The Hall–Kier alpha value is -4.13. The summed E-state index contributed by atoms with van der Waals surface area (Å²) in [6.45, 7) is 9.97. The Morgan fingerprint density at radius 1 is 1.21 bits per heavy atom. The van der Waals surface area contributed by atoms with Crippen LogP contribution in [-0.4, -0.2) is 48.2 Å². The van der Waals surface area contributed by atoms with Crippen molar-refractivity contribution in [1.82, 2.24) is 9.80 Å². The molecule has 1 fully saturated rings. The number of hydrogen-bond donors (Lipinski definition) is 1. The van der Waals surface area contributed by atoms with Gasteiger partial charge in [-0.05, 0) is 55.2 Å². The maximum atomic E-state index is 13.9. The number of hydrogen-bond acceptors (Lipinski definition) is 5. The lowest BCUT2D eigenvalue weighted by atomic mass is 10.0. The van der Waals surface area contributed by atoms with Crippen LogP contribution in [0.5, 0.6) is 0 Å². The van der Waals surface area contributed by atoms with Crippen LogP contribution in [0.1, 0.15) is 39.5 Å². The van der Waals surface area contributed by atoms with Gasteiger partial charge in [0.05, 0.1) is 36.4 Å². The van der Waals surface area contributed by atoms with Crippen molar-refractivity contribution in [3.8, 4) is 11.8 Å². The second-order valence-corrected chi connectivity index (χ2v) is 9.10. The molecular weight excluding hydrogens is 505 g/mol. The van der Waals surface area contributed by atoms with Crippen LogP contribution in [0, 0.1) is 18.8 Å². The van der Waals surface area contributed by atoms with Crippen LogP contribution in [0.2, 0.25) is 0 Å². The number of anilines is 1. The third-order valence-corrected chi connectivity index (χ3v) is 6.36. The number of allylic oxidation sites excluding steroid dienone is 3. The van der Waals surface area contributed by atoms with E-state index in [0.29, 0.717) is 43.3 Å². The zero-order chi connectivity index (χ0) is 28.0. The molecule has 0 unspecified atom stereocenters. The van der Waals surface area contributed by atoms with Crippen LogP contribution in [0.4, 0.5) is 18.9 Å². The van der Waals surface area contributed by atoms with Gasteiger partial charge in [0.15, 0.2) is 0 Å². The van der Waals surface area contributed by atoms with Gasteiger partial charge in [-0.3, -0.25) is 14.7 Å². The molecule has 0 radical (unpaired) electrons. The predicted molar refractivity (Wildman–Crippen MR) is 146 cm³/mol. The number of rotatable bonds is 5. The molecule has 0 atom stereocenters. The van der Waals surface area contributed by atoms with Crippen LogP contribution >= 0.6 is 0 Å². The van der Waals surface area contributed by atoms with E-state index >= 15 is 0 Å². The molecule has 1 N–H and O–H groups in total. The second kappa shape index (κ2) is 12.2. The van der Waals surface area contributed by atoms with E-state index in [4.69, 9.17) is 4.74 Å². The Bertz CT molecular complexity index is 1410. The standard InChI is InChI=1S/C30H29F3N4O2/c1-4-27(37-12-11-34-19-22(37)3)10-8-23-17-24(6-5-21(23)2)29(38)35-26-9-7-25(28(18-26)30(31,32)33)20-36-13-15-39-16-14-36/h4-7,9,11-12,17-19H,3,13-16,20H2,1-2H3,(H,35,38)/b27-4-. The highest BCUT2D eigenvalue weighted by molar-refractivity contribution is 6.04. The monoisotopic (exact) mass is 534 g/mol. The molecule has 1 amide bonds. The van der Waals surface area contributed by atoms with Crippen molar-refractivity contribution in [2.45, 2.75) is 26.6 Å². The topological polar surface area (TPSA) is 57.2 Å². The molecule has 9 heteroatoms. The quantitative estimate of drug-likeness (QED) is 0.499. The van der Waals surface area contributed by atoms with Crippen molar-refractivity contribution >= 4 is 17.8 Å². The van der Waals surface area contributed by atoms with Crippen molar-refractivity contribution in [2.24, 2.45) is 4.99 Å². The van der Waals surface area contributed by atoms with Gasteiger partial charge in [-0.2, -0.15) is 13.2 Å². The molecule has 39 heavy (non-hydrogen) atoms. The number of aryl methyl sites for hydroxylation is 1. The number of nitrogens with zero attached hydrogens (tertiary/aromatic N) is 3. The van der Waals surface area contributed by atoms with Crippen LogP contribution in [0.15, 0.2) is 77.8 Å². The van der Waals surface area contributed by atoms with E-state index in [2.05, 4.69) is 28.7 Å². The van der Waals surface area contributed by atoms with Gasteiger partial charge in [-0.1, -0.05) is 30.7 Å². The molecule has 0 spiro atoms. The molecule has 0 bridgehead atoms. The van der Waals surface area contributed by atoms with E-state index in [1.54, 1.807) is 41.7 Å². The van der Waals surface area contributed by atoms with Gasteiger partial charge in [-0.25, -0.2) is 0 Å². The van der Waals surface area contributed by atoms with E-state index in [1.165, 1.54) is 12.1 Å². The number of alkyl halides is 3. The first-order chi connectivity index (χ1) is 18.7. The first-order valence-corrected chi connectivity index (χ1v) is 12.4. The number of carbonyl (C=O) groups is 1. The molecule has 0 aliphatic carbocycles. The fourth-order valence-corrected chi connectivity index (χ4v) is 4.19. The van der Waals surface area contributed by atoms with Crippen LogP contribution < -0.4 is 5.32 Å². The highest BCUT2D eigenvalue weighted by atomic mass is 19.4. The summed E-state index contributed by atoms with van der Waals surface area (Å²) in [5.74, 6) is 5.67. The maximum absolute atomic E-state index is 13.9. The molecule has 2 heterocycles. The van der Waals surface area contributed by atoms with Crippen molar-refractivity contribution < 1.29 is 22.7 Å².